The van der Waals surface area contributed by atoms with E-state index < -0.39 is 0 Å². The number of hydrogen-bond donors (Lipinski definition) is 1. The van der Waals surface area contributed by atoms with Crippen molar-refractivity contribution in [1.82, 2.24) is 15.1 Å². The fourth-order valence-corrected chi connectivity index (χ4v) is 3.73. The summed E-state index contributed by atoms with van der Waals surface area (Å²) in [6, 6.07) is 0.384. The first-order valence-electron chi connectivity index (χ1n) is 7.05. The van der Waals surface area contributed by atoms with Crippen molar-refractivity contribution in [2.75, 3.05) is 14.2 Å². The Morgan fingerprint density at radius 3 is 2.72 bits per heavy atom. The average Bonchev–Trinajstić information content (AvgIpc) is 2.85. The maximum atomic E-state index is 5.48. The molecule has 0 radical (unpaired) electrons. The third-order valence-corrected chi connectivity index (χ3v) is 4.72. The van der Waals surface area contributed by atoms with Crippen LogP contribution >= 0.6 is 0 Å². The Hall–Kier alpha value is -1.03. The molecule has 1 aromatic rings. The molecule has 0 amide bonds. The topological polar surface area (TPSA) is 39.1 Å². The molecule has 2 aliphatic rings. The molecule has 2 saturated carbocycles. The molecule has 3 unspecified atom stereocenters. The number of aromatic nitrogens is 2. The lowest BCUT2D eigenvalue weighted by atomic mass is 9.92. The second-order valence-corrected chi connectivity index (χ2v) is 5.67. The van der Waals surface area contributed by atoms with Gasteiger partial charge in [-0.3, -0.25) is 4.68 Å². The molecule has 1 heterocycles. The Balaban J connectivity index is 1.87. The number of ether oxygens (including phenoxy) is 1. The van der Waals surface area contributed by atoms with Crippen molar-refractivity contribution in [1.29, 1.82) is 0 Å². The Bertz CT molecular complexity index is 397. The predicted octanol–water partition coefficient (Wildman–Crippen LogP) is 2.22. The van der Waals surface area contributed by atoms with Crippen LogP contribution in [0.1, 0.15) is 37.9 Å². The van der Waals surface area contributed by atoms with E-state index in [2.05, 4.69) is 29.1 Å². The van der Waals surface area contributed by atoms with Crippen molar-refractivity contribution in [3.63, 3.8) is 0 Å². The van der Waals surface area contributed by atoms with E-state index in [1.807, 2.05) is 6.20 Å². The van der Waals surface area contributed by atoms with Crippen LogP contribution in [-0.2, 0) is 6.54 Å². The number of nitrogens with one attached hydrogen (secondary N) is 1. The first-order chi connectivity index (χ1) is 8.78. The molecule has 1 N–H and O–H groups in total. The molecule has 2 aliphatic carbocycles. The van der Waals surface area contributed by atoms with E-state index in [0.717, 1.165) is 30.0 Å². The highest BCUT2D eigenvalue weighted by Gasteiger charge is 2.48. The Morgan fingerprint density at radius 1 is 1.44 bits per heavy atom. The molecule has 2 fully saturated rings. The van der Waals surface area contributed by atoms with Crippen LogP contribution in [0, 0.1) is 17.8 Å². The summed E-state index contributed by atoms with van der Waals surface area (Å²) in [5.41, 5.74) is 1.23. The summed E-state index contributed by atoms with van der Waals surface area (Å²) >= 11 is 0. The molecule has 0 aliphatic heterocycles. The van der Waals surface area contributed by atoms with Crippen LogP contribution in [0.2, 0.25) is 0 Å². The van der Waals surface area contributed by atoms with Crippen LogP contribution in [0.4, 0.5) is 0 Å². The van der Waals surface area contributed by atoms with Crippen molar-refractivity contribution in [3.05, 3.63) is 11.9 Å². The van der Waals surface area contributed by atoms with Crippen LogP contribution in [0.5, 0.6) is 5.75 Å². The number of nitrogens with zero attached hydrogens (tertiary/aromatic N) is 2. The van der Waals surface area contributed by atoms with Gasteiger partial charge < -0.3 is 10.1 Å². The van der Waals surface area contributed by atoms with Crippen LogP contribution in [0.3, 0.4) is 0 Å². The molecular formula is C14H23N3O. The third kappa shape index (κ3) is 1.83. The molecule has 0 spiro atoms. The maximum Gasteiger partial charge on any atom is 0.161 e. The van der Waals surface area contributed by atoms with Crippen molar-refractivity contribution in [3.8, 4) is 5.75 Å². The van der Waals surface area contributed by atoms with Crippen molar-refractivity contribution < 1.29 is 4.74 Å². The van der Waals surface area contributed by atoms with Gasteiger partial charge in [0.1, 0.15) is 0 Å². The lowest BCUT2D eigenvalue weighted by Gasteiger charge is -2.25. The van der Waals surface area contributed by atoms with Gasteiger partial charge in [0, 0.05) is 6.54 Å². The van der Waals surface area contributed by atoms with Crippen molar-refractivity contribution in [2.45, 2.75) is 38.8 Å². The molecule has 3 rings (SSSR count). The molecule has 4 heteroatoms. The minimum Gasteiger partial charge on any atom is -0.493 e. The third-order valence-electron chi connectivity index (χ3n) is 4.72. The molecule has 4 nitrogen and oxygen atoms in total. The predicted molar refractivity (Wildman–Crippen MR) is 70.6 cm³/mol. The van der Waals surface area contributed by atoms with Gasteiger partial charge in [-0.15, -0.1) is 0 Å². The molecule has 0 saturated heterocycles. The van der Waals surface area contributed by atoms with E-state index in [1.54, 1.807) is 7.11 Å². The van der Waals surface area contributed by atoms with Gasteiger partial charge in [-0.2, -0.15) is 5.10 Å². The van der Waals surface area contributed by atoms with E-state index in [-0.39, 0.29) is 0 Å². The number of fused-ring (bicyclic) bond motifs is 1. The Morgan fingerprint density at radius 2 is 2.17 bits per heavy atom. The number of hydrogen-bond acceptors (Lipinski definition) is 3. The van der Waals surface area contributed by atoms with Gasteiger partial charge in [0.25, 0.3) is 0 Å². The standard InChI is InChI=1S/C14H23N3O/c1-4-17-14(12(18-3)8-16-17)13(15-2)11-6-9-5-10(9)7-11/h8-11,13,15H,4-7H2,1-3H3. The zero-order chi connectivity index (χ0) is 12.7. The SMILES string of the molecule is CCn1ncc(OC)c1C(NC)C1CC2CC2C1. The van der Waals surface area contributed by atoms with Gasteiger partial charge in [0.15, 0.2) is 5.75 Å². The van der Waals surface area contributed by atoms with E-state index in [1.165, 1.54) is 25.0 Å². The Kier molecular flexibility index (Phi) is 3.06. The Labute approximate surface area is 109 Å². The molecule has 18 heavy (non-hydrogen) atoms. The summed E-state index contributed by atoms with van der Waals surface area (Å²) in [5, 5.41) is 7.92. The van der Waals surface area contributed by atoms with E-state index >= 15 is 0 Å². The smallest absolute Gasteiger partial charge is 0.161 e. The van der Waals surface area contributed by atoms with Gasteiger partial charge in [-0.05, 0) is 51.0 Å². The summed E-state index contributed by atoms with van der Waals surface area (Å²) in [5.74, 6) is 3.69. The summed E-state index contributed by atoms with van der Waals surface area (Å²) in [7, 11) is 3.79. The largest absolute Gasteiger partial charge is 0.493 e. The lowest BCUT2D eigenvalue weighted by molar-refractivity contribution is 0.323. The average molecular weight is 249 g/mol. The van der Waals surface area contributed by atoms with Gasteiger partial charge >= 0.3 is 0 Å². The summed E-state index contributed by atoms with van der Waals surface area (Å²) < 4.78 is 7.56. The minimum absolute atomic E-state index is 0.384. The highest BCUT2D eigenvalue weighted by atomic mass is 16.5. The lowest BCUT2D eigenvalue weighted by Crippen LogP contribution is -2.27. The maximum absolute atomic E-state index is 5.48. The van der Waals surface area contributed by atoms with Crippen LogP contribution < -0.4 is 10.1 Å². The molecule has 3 atom stereocenters. The molecule has 0 bridgehead atoms. The second-order valence-electron chi connectivity index (χ2n) is 5.67. The molecular weight excluding hydrogens is 226 g/mol. The number of rotatable bonds is 5. The first-order valence-corrected chi connectivity index (χ1v) is 7.05. The van der Waals surface area contributed by atoms with E-state index in [9.17, 15) is 0 Å². The molecule has 100 valence electrons. The minimum atomic E-state index is 0.384. The van der Waals surface area contributed by atoms with E-state index in [4.69, 9.17) is 4.74 Å². The van der Waals surface area contributed by atoms with Crippen LogP contribution in [-0.4, -0.2) is 23.9 Å². The number of methoxy groups -OCH3 is 1. The number of aryl methyl sites for hydroxylation is 1. The fraction of sp³-hybridized carbons (Fsp3) is 0.786. The van der Waals surface area contributed by atoms with Crippen LogP contribution in [0.25, 0.3) is 0 Å². The summed E-state index contributed by atoms with van der Waals surface area (Å²) in [6.07, 6.45) is 6.05. The molecule has 1 aromatic heterocycles. The summed E-state index contributed by atoms with van der Waals surface area (Å²) in [6.45, 7) is 3.03. The zero-order valence-corrected chi connectivity index (χ0v) is 11.5. The normalized spacial score (nSPS) is 31.2. The van der Waals surface area contributed by atoms with Crippen molar-refractivity contribution >= 4 is 0 Å². The highest BCUT2D eigenvalue weighted by molar-refractivity contribution is 5.29. The first kappa shape index (κ1) is 12.0. The van der Waals surface area contributed by atoms with Gasteiger partial charge in [-0.25, -0.2) is 0 Å². The second kappa shape index (κ2) is 4.57. The molecule has 0 aromatic carbocycles. The van der Waals surface area contributed by atoms with E-state index in [0.29, 0.717) is 6.04 Å². The fourth-order valence-electron chi connectivity index (χ4n) is 3.73. The highest BCUT2D eigenvalue weighted by Crippen LogP contribution is 2.57. The van der Waals surface area contributed by atoms with Gasteiger partial charge in [-0.1, -0.05) is 0 Å². The van der Waals surface area contributed by atoms with Gasteiger partial charge in [0.2, 0.25) is 0 Å². The van der Waals surface area contributed by atoms with Gasteiger partial charge in [0.05, 0.1) is 25.0 Å². The monoisotopic (exact) mass is 249 g/mol. The van der Waals surface area contributed by atoms with Crippen LogP contribution in [0.15, 0.2) is 6.20 Å². The van der Waals surface area contributed by atoms with Crippen molar-refractivity contribution in [2.24, 2.45) is 17.8 Å². The summed E-state index contributed by atoms with van der Waals surface area (Å²) in [4.78, 5) is 0. The quantitative estimate of drug-likeness (QED) is 0.869. The zero-order valence-electron chi connectivity index (χ0n) is 11.5.